The van der Waals surface area contributed by atoms with E-state index in [9.17, 15) is 4.39 Å². The largest absolute Gasteiger partial charge is 0.399 e. The first-order valence-corrected chi connectivity index (χ1v) is 7.08. The zero-order valence-electron chi connectivity index (χ0n) is 11.8. The maximum atomic E-state index is 13.7. The number of anilines is 1. The van der Waals surface area contributed by atoms with Gasteiger partial charge in [0.25, 0.3) is 0 Å². The Kier molecular flexibility index (Phi) is 3.33. The zero-order chi connectivity index (χ0) is 15.1. The van der Waals surface area contributed by atoms with Crippen LogP contribution in [0.15, 0.2) is 36.4 Å². The molecule has 2 aromatic carbocycles. The van der Waals surface area contributed by atoms with Crippen molar-refractivity contribution in [3.63, 3.8) is 0 Å². The number of aromatic nitrogens is 2. The molecule has 0 spiro atoms. The smallest absolute Gasteiger partial charge is 0.126 e. The van der Waals surface area contributed by atoms with Crippen LogP contribution in [0.2, 0.25) is 5.02 Å². The van der Waals surface area contributed by atoms with E-state index in [0.717, 1.165) is 16.9 Å². The number of imidazole rings is 1. The lowest BCUT2D eigenvalue weighted by atomic mass is 10.2. The van der Waals surface area contributed by atoms with Crippen molar-refractivity contribution in [1.29, 1.82) is 0 Å². The maximum absolute atomic E-state index is 13.7. The summed E-state index contributed by atoms with van der Waals surface area (Å²) in [5.74, 6) is 0.655. The molecular weight excluding hydrogens is 289 g/mol. The van der Waals surface area contributed by atoms with E-state index in [1.54, 1.807) is 6.07 Å². The average molecular weight is 304 g/mol. The Balaban J connectivity index is 2.36. The summed E-state index contributed by atoms with van der Waals surface area (Å²) in [6.45, 7) is 4.09. The van der Waals surface area contributed by atoms with Crippen molar-refractivity contribution in [2.24, 2.45) is 0 Å². The molecule has 0 aliphatic carbocycles. The molecule has 0 atom stereocenters. The molecular formula is C16H15ClFN3. The second-order valence-corrected chi connectivity index (χ2v) is 5.77. The summed E-state index contributed by atoms with van der Waals surface area (Å²) in [6.07, 6.45) is 0. The Bertz CT molecular complexity index is 803. The third kappa shape index (κ3) is 2.47. The summed E-state index contributed by atoms with van der Waals surface area (Å²) in [5.41, 5.74) is 8.81. The monoisotopic (exact) mass is 303 g/mol. The molecule has 3 nitrogen and oxygen atoms in total. The minimum Gasteiger partial charge on any atom is -0.399 e. The van der Waals surface area contributed by atoms with E-state index < -0.39 is 0 Å². The van der Waals surface area contributed by atoms with Gasteiger partial charge in [0.15, 0.2) is 0 Å². The minimum atomic E-state index is -0.371. The van der Waals surface area contributed by atoms with Crippen LogP contribution >= 0.6 is 11.6 Å². The second-order valence-electron chi connectivity index (χ2n) is 5.34. The van der Waals surface area contributed by atoms with Crippen LogP contribution in [-0.4, -0.2) is 9.55 Å². The lowest BCUT2D eigenvalue weighted by molar-refractivity contribution is 0.626. The van der Waals surface area contributed by atoms with Crippen LogP contribution in [0.25, 0.3) is 16.7 Å². The predicted octanol–water partition coefficient (Wildman–Crippen LogP) is 4.52. The number of benzene rings is 2. The molecule has 108 valence electrons. The average Bonchev–Trinajstić information content (AvgIpc) is 2.76. The van der Waals surface area contributed by atoms with Gasteiger partial charge in [-0.25, -0.2) is 9.37 Å². The molecule has 0 saturated carbocycles. The first kappa shape index (κ1) is 13.9. The number of hydrogen-bond acceptors (Lipinski definition) is 2. The van der Waals surface area contributed by atoms with E-state index in [1.165, 1.54) is 12.1 Å². The quantitative estimate of drug-likeness (QED) is 0.707. The standard InChI is InChI=1S/C16H15ClFN3/c1-9(2)16-20-14-8-12(19)3-4-15(14)21(16)13-6-10(17)5-11(18)7-13/h3-9H,19H2,1-2H3. The van der Waals surface area contributed by atoms with Crippen molar-refractivity contribution < 1.29 is 4.39 Å². The first-order valence-electron chi connectivity index (χ1n) is 6.70. The number of nitrogens with two attached hydrogens (primary N) is 1. The third-order valence-corrected chi connectivity index (χ3v) is 3.54. The Morgan fingerprint density at radius 2 is 1.95 bits per heavy atom. The normalized spacial score (nSPS) is 11.5. The Morgan fingerprint density at radius 3 is 2.62 bits per heavy atom. The van der Waals surface area contributed by atoms with Crippen LogP contribution in [0.5, 0.6) is 0 Å². The van der Waals surface area contributed by atoms with E-state index in [4.69, 9.17) is 17.3 Å². The fourth-order valence-electron chi connectivity index (χ4n) is 2.44. The fraction of sp³-hybridized carbons (Fsp3) is 0.188. The summed E-state index contributed by atoms with van der Waals surface area (Å²) in [5, 5.41) is 0.358. The van der Waals surface area contributed by atoms with Gasteiger partial charge in [0.05, 0.1) is 16.7 Å². The van der Waals surface area contributed by atoms with Gasteiger partial charge in [0, 0.05) is 16.6 Å². The van der Waals surface area contributed by atoms with Gasteiger partial charge in [0.1, 0.15) is 11.6 Å². The molecule has 0 bridgehead atoms. The van der Waals surface area contributed by atoms with Gasteiger partial charge in [-0.2, -0.15) is 0 Å². The highest BCUT2D eigenvalue weighted by molar-refractivity contribution is 6.30. The van der Waals surface area contributed by atoms with Crippen LogP contribution in [0, 0.1) is 5.82 Å². The Labute approximate surface area is 127 Å². The molecule has 3 aromatic rings. The summed E-state index contributed by atoms with van der Waals surface area (Å²) >= 11 is 5.98. The van der Waals surface area contributed by atoms with Crippen molar-refractivity contribution in [3.8, 4) is 5.69 Å². The predicted molar refractivity (Wildman–Crippen MR) is 84.5 cm³/mol. The molecule has 0 radical (unpaired) electrons. The van der Waals surface area contributed by atoms with Gasteiger partial charge >= 0.3 is 0 Å². The van der Waals surface area contributed by atoms with Crippen molar-refractivity contribution in [2.75, 3.05) is 5.73 Å². The Hall–Kier alpha value is -2.07. The van der Waals surface area contributed by atoms with Crippen LogP contribution in [0.4, 0.5) is 10.1 Å². The van der Waals surface area contributed by atoms with Crippen molar-refractivity contribution in [1.82, 2.24) is 9.55 Å². The molecule has 2 N–H and O–H groups in total. The second kappa shape index (κ2) is 5.04. The highest BCUT2D eigenvalue weighted by atomic mass is 35.5. The van der Waals surface area contributed by atoms with Gasteiger partial charge in [-0.05, 0) is 36.4 Å². The summed E-state index contributed by atoms with van der Waals surface area (Å²) < 4.78 is 15.6. The fourth-order valence-corrected chi connectivity index (χ4v) is 2.66. The van der Waals surface area contributed by atoms with Gasteiger partial charge in [0.2, 0.25) is 0 Å². The molecule has 1 aromatic heterocycles. The summed E-state index contributed by atoms with van der Waals surface area (Å²) in [4.78, 5) is 4.63. The summed E-state index contributed by atoms with van der Waals surface area (Å²) in [7, 11) is 0. The highest BCUT2D eigenvalue weighted by Gasteiger charge is 2.16. The topological polar surface area (TPSA) is 43.8 Å². The lowest BCUT2D eigenvalue weighted by Gasteiger charge is -2.12. The molecule has 0 fully saturated rings. The molecule has 3 rings (SSSR count). The zero-order valence-corrected chi connectivity index (χ0v) is 12.5. The molecule has 21 heavy (non-hydrogen) atoms. The molecule has 0 amide bonds. The van der Waals surface area contributed by atoms with Crippen LogP contribution in [-0.2, 0) is 0 Å². The third-order valence-electron chi connectivity index (χ3n) is 3.33. The van der Waals surface area contributed by atoms with Gasteiger partial charge in [-0.1, -0.05) is 25.4 Å². The number of nitrogen functional groups attached to an aromatic ring is 1. The number of rotatable bonds is 2. The van der Waals surface area contributed by atoms with Crippen molar-refractivity contribution in [3.05, 3.63) is 53.1 Å². The van der Waals surface area contributed by atoms with Gasteiger partial charge in [-0.15, -0.1) is 0 Å². The molecule has 0 aliphatic heterocycles. The van der Waals surface area contributed by atoms with Crippen molar-refractivity contribution in [2.45, 2.75) is 19.8 Å². The first-order chi connectivity index (χ1) is 9.95. The highest BCUT2D eigenvalue weighted by Crippen LogP contribution is 2.29. The SMILES string of the molecule is CC(C)c1nc2cc(N)ccc2n1-c1cc(F)cc(Cl)c1. The number of fused-ring (bicyclic) bond motifs is 1. The molecule has 1 heterocycles. The molecule has 0 aliphatic rings. The van der Waals surface area contributed by atoms with E-state index in [2.05, 4.69) is 4.98 Å². The number of hydrogen-bond donors (Lipinski definition) is 1. The molecule has 0 saturated heterocycles. The van der Waals surface area contributed by atoms with Crippen molar-refractivity contribution >= 4 is 28.3 Å². The lowest BCUT2D eigenvalue weighted by Crippen LogP contribution is -2.03. The minimum absolute atomic E-state index is 0.181. The number of nitrogens with zero attached hydrogens (tertiary/aromatic N) is 2. The van der Waals surface area contributed by atoms with Crippen LogP contribution in [0.1, 0.15) is 25.6 Å². The van der Waals surface area contributed by atoms with E-state index in [0.29, 0.717) is 16.4 Å². The summed E-state index contributed by atoms with van der Waals surface area (Å²) in [6, 6.07) is 9.99. The maximum Gasteiger partial charge on any atom is 0.126 e. The molecule has 0 unspecified atom stereocenters. The Morgan fingerprint density at radius 1 is 1.19 bits per heavy atom. The van der Waals surface area contributed by atoms with Crippen LogP contribution < -0.4 is 5.73 Å². The molecule has 5 heteroatoms. The van der Waals surface area contributed by atoms with E-state index in [1.807, 2.05) is 36.6 Å². The van der Waals surface area contributed by atoms with E-state index >= 15 is 0 Å². The van der Waals surface area contributed by atoms with Crippen LogP contribution in [0.3, 0.4) is 0 Å². The van der Waals surface area contributed by atoms with Gasteiger partial charge < -0.3 is 5.73 Å². The van der Waals surface area contributed by atoms with Gasteiger partial charge in [-0.3, -0.25) is 4.57 Å². The van der Waals surface area contributed by atoms with E-state index in [-0.39, 0.29) is 11.7 Å². The number of halogens is 2.